The maximum absolute atomic E-state index is 11.7. The van der Waals surface area contributed by atoms with Crippen LogP contribution in [-0.2, 0) is 10.0 Å². The number of nitrogens with one attached hydrogen (secondary N) is 2. The van der Waals surface area contributed by atoms with Crippen molar-refractivity contribution in [2.24, 2.45) is 0 Å². The number of aromatic nitrogens is 2. The summed E-state index contributed by atoms with van der Waals surface area (Å²) >= 11 is 3.34. The first-order valence-electron chi connectivity index (χ1n) is 5.90. The Balaban J connectivity index is 1.77. The summed E-state index contributed by atoms with van der Waals surface area (Å²) in [5.41, 5.74) is 0. The van der Waals surface area contributed by atoms with Gasteiger partial charge in [0.1, 0.15) is 12.4 Å². The molecule has 0 unspecified atom stereocenters. The molecule has 0 atom stereocenters. The topological polar surface area (TPSA) is 84.1 Å². The van der Waals surface area contributed by atoms with Gasteiger partial charge in [0, 0.05) is 4.47 Å². The molecule has 0 aliphatic heterocycles. The molecule has 21 heavy (non-hydrogen) atoms. The maximum Gasteiger partial charge on any atom is 0.258 e. The van der Waals surface area contributed by atoms with Crippen molar-refractivity contribution in [2.75, 3.05) is 13.2 Å². The molecule has 6 nitrogen and oxygen atoms in total. The summed E-state index contributed by atoms with van der Waals surface area (Å²) in [7, 11) is -3.58. The van der Waals surface area contributed by atoms with E-state index in [1.165, 1.54) is 12.5 Å². The first kappa shape index (κ1) is 15.6. The van der Waals surface area contributed by atoms with Crippen LogP contribution < -0.4 is 9.46 Å². The van der Waals surface area contributed by atoms with Gasteiger partial charge < -0.3 is 9.72 Å². The smallest absolute Gasteiger partial charge is 0.258 e. The van der Waals surface area contributed by atoms with Crippen LogP contribution in [0.15, 0.2) is 46.3 Å². The summed E-state index contributed by atoms with van der Waals surface area (Å²) in [5, 5.41) is 0.00897. The zero-order valence-corrected chi connectivity index (χ0v) is 13.2. The highest BCUT2D eigenvalue weighted by molar-refractivity contribution is 9.10. The second-order valence-corrected chi connectivity index (χ2v) is 6.49. The minimum Gasteiger partial charge on any atom is -0.481 e. The second kappa shape index (κ2) is 7.26. The predicted molar refractivity (Wildman–Crippen MR) is 81.2 cm³/mol. The molecule has 1 heterocycles. The third-order valence-electron chi connectivity index (χ3n) is 2.35. The SMILES string of the molecule is O=S(=O)(NCC#CCOc1cccc(Br)c1)c1cnc[nH]1. The van der Waals surface area contributed by atoms with Crippen molar-refractivity contribution in [3.05, 3.63) is 41.3 Å². The van der Waals surface area contributed by atoms with E-state index in [4.69, 9.17) is 4.74 Å². The van der Waals surface area contributed by atoms with E-state index in [1.54, 1.807) is 0 Å². The molecular weight excluding hydrogens is 358 g/mol. The molecule has 0 spiro atoms. The minimum atomic E-state index is -3.58. The Kier molecular flexibility index (Phi) is 5.38. The van der Waals surface area contributed by atoms with Gasteiger partial charge >= 0.3 is 0 Å². The summed E-state index contributed by atoms with van der Waals surface area (Å²) < 4.78 is 32.0. The van der Waals surface area contributed by atoms with Gasteiger partial charge in [-0.15, -0.1) is 0 Å². The van der Waals surface area contributed by atoms with Crippen LogP contribution in [0.25, 0.3) is 0 Å². The van der Waals surface area contributed by atoms with Crippen LogP contribution in [0.1, 0.15) is 0 Å². The van der Waals surface area contributed by atoms with Gasteiger partial charge in [0.2, 0.25) is 0 Å². The molecule has 2 rings (SSSR count). The summed E-state index contributed by atoms with van der Waals surface area (Å²) in [6.45, 7) is 0.186. The lowest BCUT2D eigenvalue weighted by Crippen LogP contribution is -2.24. The average Bonchev–Trinajstić information content (AvgIpc) is 2.97. The first-order valence-corrected chi connectivity index (χ1v) is 8.18. The van der Waals surface area contributed by atoms with Crippen LogP contribution in [0.4, 0.5) is 0 Å². The predicted octanol–water partition coefficient (Wildman–Crippen LogP) is 1.53. The lowest BCUT2D eigenvalue weighted by atomic mass is 10.3. The molecule has 0 aliphatic carbocycles. The number of rotatable bonds is 5. The summed E-state index contributed by atoms with van der Waals surface area (Å²) in [5.74, 6) is 6.10. The Morgan fingerprint density at radius 3 is 2.95 bits per heavy atom. The Morgan fingerprint density at radius 2 is 2.24 bits per heavy atom. The number of hydrogen-bond acceptors (Lipinski definition) is 4. The number of hydrogen-bond donors (Lipinski definition) is 2. The molecule has 8 heteroatoms. The molecule has 0 bridgehead atoms. The average molecular weight is 370 g/mol. The number of imidazole rings is 1. The number of sulfonamides is 1. The molecule has 0 fully saturated rings. The number of benzene rings is 1. The van der Waals surface area contributed by atoms with Gasteiger partial charge in [-0.05, 0) is 18.2 Å². The van der Waals surface area contributed by atoms with Crippen molar-refractivity contribution < 1.29 is 13.2 Å². The van der Waals surface area contributed by atoms with E-state index in [1.807, 2.05) is 24.3 Å². The molecule has 1 aromatic heterocycles. The normalized spacial score (nSPS) is 10.7. The molecule has 0 radical (unpaired) electrons. The van der Waals surface area contributed by atoms with Crippen LogP contribution in [0.2, 0.25) is 0 Å². The summed E-state index contributed by atoms with van der Waals surface area (Å²) in [6, 6.07) is 7.38. The van der Waals surface area contributed by atoms with Gasteiger partial charge in [0.05, 0.1) is 19.1 Å². The van der Waals surface area contributed by atoms with Gasteiger partial charge in [-0.3, -0.25) is 0 Å². The number of ether oxygens (including phenoxy) is 1. The third kappa shape index (κ3) is 4.90. The monoisotopic (exact) mass is 369 g/mol. The number of aromatic amines is 1. The van der Waals surface area contributed by atoms with Crippen molar-refractivity contribution in [3.63, 3.8) is 0 Å². The highest BCUT2D eigenvalue weighted by Crippen LogP contribution is 2.17. The molecule has 0 amide bonds. The quantitative estimate of drug-likeness (QED) is 0.782. The van der Waals surface area contributed by atoms with E-state index in [0.29, 0.717) is 5.75 Å². The Hall–Kier alpha value is -1.82. The Labute approximate surface area is 131 Å². The van der Waals surface area contributed by atoms with Crippen molar-refractivity contribution >= 4 is 26.0 Å². The van der Waals surface area contributed by atoms with Gasteiger partial charge in [-0.1, -0.05) is 33.8 Å². The third-order valence-corrected chi connectivity index (χ3v) is 4.17. The van der Waals surface area contributed by atoms with E-state index in [9.17, 15) is 8.42 Å². The number of H-pyrrole nitrogens is 1. The molecule has 2 N–H and O–H groups in total. The van der Waals surface area contributed by atoms with E-state index < -0.39 is 10.0 Å². The molecule has 0 saturated carbocycles. The standard InChI is InChI=1S/C13H12BrN3O3S/c14-11-4-3-5-12(8-11)20-7-2-1-6-17-21(18,19)13-9-15-10-16-13/h3-5,8-10,17H,6-7H2,(H,15,16). The van der Waals surface area contributed by atoms with Crippen molar-refractivity contribution in [3.8, 4) is 17.6 Å². The minimum absolute atomic E-state index is 0.00317. The molecule has 1 aromatic carbocycles. The fraction of sp³-hybridized carbons (Fsp3) is 0.154. The summed E-state index contributed by atoms with van der Waals surface area (Å²) in [6.07, 6.45) is 2.53. The van der Waals surface area contributed by atoms with Crippen LogP contribution >= 0.6 is 15.9 Å². The number of halogens is 1. The molecule has 0 aliphatic rings. The lowest BCUT2D eigenvalue weighted by molar-refractivity contribution is 0.370. The highest BCUT2D eigenvalue weighted by Gasteiger charge is 2.13. The molecular formula is C13H12BrN3O3S. The van der Waals surface area contributed by atoms with E-state index in [2.05, 4.69) is 42.5 Å². The second-order valence-electron chi connectivity index (χ2n) is 3.84. The molecule has 0 saturated heterocycles. The fourth-order valence-corrected chi connectivity index (χ4v) is 2.59. The van der Waals surface area contributed by atoms with Gasteiger partial charge in [-0.25, -0.2) is 13.4 Å². The summed E-state index contributed by atoms with van der Waals surface area (Å²) in [4.78, 5) is 6.17. The maximum atomic E-state index is 11.7. The van der Waals surface area contributed by atoms with Crippen LogP contribution in [0, 0.1) is 11.8 Å². The fourth-order valence-electron chi connectivity index (χ4n) is 1.39. The highest BCUT2D eigenvalue weighted by atomic mass is 79.9. The van der Waals surface area contributed by atoms with Crippen LogP contribution in [-0.4, -0.2) is 31.5 Å². The van der Waals surface area contributed by atoms with Crippen molar-refractivity contribution in [2.45, 2.75) is 5.03 Å². The van der Waals surface area contributed by atoms with Crippen LogP contribution in [0.5, 0.6) is 5.75 Å². The zero-order valence-electron chi connectivity index (χ0n) is 10.8. The zero-order chi connectivity index (χ0) is 15.1. The van der Waals surface area contributed by atoms with Crippen LogP contribution in [0.3, 0.4) is 0 Å². The van der Waals surface area contributed by atoms with Crippen molar-refractivity contribution in [1.82, 2.24) is 14.7 Å². The largest absolute Gasteiger partial charge is 0.481 e. The van der Waals surface area contributed by atoms with E-state index >= 15 is 0 Å². The van der Waals surface area contributed by atoms with E-state index in [0.717, 1.165) is 4.47 Å². The van der Waals surface area contributed by atoms with Gasteiger partial charge in [0.25, 0.3) is 10.0 Å². The Bertz CT molecular complexity index is 748. The number of nitrogens with zero attached hydrogens (tertiary/aromatic N) is 1. The molecule has 110 valence electrons. The first-order chi connectivity index (χ1) is 10.1. The van der Waals surface area contributed by atoms with Crippen molar-refractivity contribution in [1.29, 1.82) is 0 Å². The van der Waals surface area contributed by atoms with Gasteiger partial charge in [0.15, 0.2) is 5.03 Å². The molecule has 2 aromatic rings. The van der Waals surface area contributed by atoms with E-state index in [-0.39, 0.29) is 18.2 Å². The Morgan fingerprint density at radius 1 is 1.38 bits per heavy atom. The van der Waals surface area contributed by atoms with Gasteiger partial charge in [-0.2, -0.15) is 4.72 Å². The lowest BCUT2D eigenvalue weighted by Gasteiger charge is -2.01.